The second-order valence-corrected chi connectivity index (χ2v) is 10.2. The van der Waals surface area contributed by atoms with Gasteiger partial charge in [-0.2, -0.15) is 0 Å². The molecule has 0 atom stereocenters. The van der Waals surface area contributed by atoms with Crippen LogP contribution in [0.4, 0.5) is 0 Å². The van der Waals surface area contributed by atoms with Crippen LogP contribution in [0.5, 0.6) is 0 Å². The van der Waals surface area contributed by atoms with E-state index in [1.54, 1.807) is 0 Å². The van der Waals surface area contributed by atoms with E-state index in [2.05, 4.69) is 96.0 Å². The molecule has 2 heteroatoms. The van der Waals surface area contributed by atoms with Gasteiger partial charge in [0.15, 0.2) is 0 Å². The second kappa shape index (κ2) is 6.52. The molecule has 0 radical (unpaired) electrons. The van der Waals surface area contributed by atoms with Gasteiger partial charge in [0.05, 0.1) is 0 Å². The Kier molecular flexibility index (Phi) is 3.63. The van der Waals surface area contributed by atoms with E-state index in [9.17, 15) is 0 Å². The number of hydrogen-bond acceptors (Lipinski definition) is 1. The van der Waals surface area contributed by atoms with E-state index in [1.165, 1.54) is 62.7 Å². The van der Waals surface area contributed by atoms with Gasteiger partial charge in [-0.15, -0.1) is 0 Å². The molecule has 0 unspecified atom stereocenters. The summed E-state index contributed by atoms with van der Waals surface area (Å²) in [5.41, 5.74) is 2.67. The van der Waals surface area contributed by atoms with E-state index in [0.29, 0.717) is 14.5 Å². The number of nitrogens with zero attached hydrogens (tertiary/aromatic N) is 1. The van der Waals surface area contributed by atoms with Gasteiger partial charge >= 0.3 is 186 Å². The first-order valence-corrected chi connectivity index (χ1v) is 12.2. The Bertz CT molecular complexity index is 1760. The number of pyridine rings is 1. The fourth-order valence-electron chi connectivity index (χ4n) is 4.94. The summed E-state index contributed by atoms with van der Waals surface area (Å²) in [5.74, 6) is 0. The van der Waals surface area contributed by atoms with Crippen LogP contribution in [0.3, 0.4) is 0 Å². The van der Waals surface area contributed by atoms with E-state index in [0.717, 1.165) is 0 Å². The van der Waals surface area contributed by atoms with Gasteiger partial charge in [-0.05, 0) is 0 Å². The number of hydrogen-bond donors (Lipinski definition) is 0. The van der Waals surface area contributed by atoms with Gasteiger partial charge in [-0.3, -0.25) is 0 Å². The molecule has 0 N–H and O–H groups in total. The molecule has 0 saturated heterocycles. The van der Waals surface area contributed by atoms with Crippen molar-refractivity contribution in [3.8, 4) is 11.1 Å². The maximum absolute atomic E-state index is 4.42. The Morgan fingerprint density at radius 3 is 2.13 bits per heavy atom. The summed E-state index contributed by atoms with van der Waals surface area (Å²) < 4.78 is 2.99. The first kappa shape index (κ1) is 17.3. The van der Waals surface area contributed by atoms with Crippen LogP contribution in [0.1, 0.15) is 0 Å². The average molecular weight is 458 g/mol. The fourth-order valence-corrected chi connectivity index (χ4v) is 7.54. The normalized spacial score (nSPS) is 11.9. The maximum atomic E-state index is 4.42. The third-order valence-corrected chi connectivity index (χ3v) is 8.91. The van der Waals surface area contributed by atoms with Crippen LogP contribution in [0.25, 0.3) is 62.7 Å². The summed E-state index contributed by atoms with van der Waals surface area (Å²) >= 11 is 0.340. The van der Waals surface area contributed by atoms with E-state index in [4.69, 9.17) is 0 Å². The van der Waals surface area contributed by atoms with Gasteiger partial charge in [0.25, 0.3) is 0 Å². The first-order valence-electron chi connectivity index (χ1n) is 10.5. The van der Waals surface area contributed by atoms with Crippen molar-refractivity contribution in [1.29, 1.82) is 0 Å². The summed E-state index contributed by atoms with van der Waals surface area (Å²) in [4.78, 5) is 4.42. The summed E-state index contributed by atoms with van der Waals surface area (Å²) in [6.07, 6.45) is 3.91. The molecule has 0 fully saturated rings. The number of benzene rings is 5. The van der Waals surface area contributed by atoms with Crippen LogP contribution in [0.2, 0.25) is 0 Å². The number of fused-ring (bicyclic) bond motifs is 9. The van der Waals surface area contributed by atoms with Gasteiger partial charge < -0.3 is 0 Å². The van der Waals surface area contributed by atoms with Crippen molar-refractivity contribution in [2.45, 2.75) is 0 Å². The zero-order chi connectivity index (χ0) is 20.4. The number of rotatable bonds is 1. The minimum atomic E-state index is 0.340. The predicted octanol–water partition coefficient (Wildman–Crippen LogP) is 7.57. The van der Waals surface area contributed by atoms with Crippen LogP contribution in [0, 0.1) is 0 Å². The fraction of sp³-hybridized carbons (Fsp3) is 0. The van der Waals surface area contributed by atoms with Gasteiger partial charge in [-0.1, -0.05) is 0 Å². The molecule has 0 amide bonds. The van der Waals surface area contributed by atoms with E-state index in [-0.39, 0.29) is 0 Å². The molecule has 0 aliphatic heterocycles. The molecular formula is C29H17NSe. The molecule has 1 nitrogen and oxygen atoms in total. The van der Waals surface area contributed by atoms with Gasteiger partial charge in [-0.25, -0.2) is 0 Å². The molecule has 0 aliphatic carbocycles. The standard InChI is InChI=1S/C29H17NSe/c1-2-7-21-20(6-1)22-13-12-18(16-26(22)23-14-15-30-17-27(21)23)19-9-5-10-25-24-8-3-4-11-28(24)31-29(19)25/h1-17H. The minimum absolute atomic E-state index is 0.340. The third kappa shape index (κ3) is 2.47. The molecule has 0 aliphatic rings. The molecule has 31 heavy (non-hydrogen) atoms. The van der Waals surface area contributed by atoms with Crippen LogP contribution in [-0.2, 0) is 0 Å². The van der Waals surface area contributed by atoms with Crippen molar-refractivity contribution in [2.24, 2.45) is 0 Å². The van der Waals surface area contributed by atoms with E-state index >= 15 is 0 Å². The Morgan fingerprint density at radius 1 is 0.516 bits per heavy atom. The SMILES string of the molecule is c1ccc2c(c1)[se]c1c(-c3ccc4c5ccccc5c5cnccc5c4c3)cccc12. The van der Waals surface area contributed by atoms with Crippen LogP contribution >= 0.6 is 0 Å². The Balaban J connectivity index is 1.60. The molecule has 5 aromatic carbocycles. The summed E-state index contributed by atoms with van der Waals surface area (Å²) in [6, 6.07) is 33.5. The van der Waals surface area contributed by atoms with E-state index < -0.39 is 0 Å². The van der Waals surface area contributed by atoms with Crippen molar-refractivity contribution in [3.05, 3.63) is 103 Å². The van der Waals surface area contributed by atoms with Crippen molar-refractivity contribution >= 4 is 66.1 Å². The molecule has 7 aromatic rings. The Hall–Kier alpha value is -3.45. The molecular weight excluding hydrogens is 441 g/mol. The number of aromatic nitrogens is 1. The Labute approximate surface area is 185 Å². The summed E-state index contributed by atoms with van der Waals surface area (Å²) in [5, 5.41) is 10.5. The molecule has 144 valence electrons. The van der Waals surface area contributed by atoms with Crippen LogP contribution < -0.4 is 0 Å². The second-order valence-electron chi connectivity index (χ2n) is 8.01. The first-order chi connectivity index (χ1) is 15.4. The topological polar surface area (TPSA) is 12.9 Å². The Morgan fingerprint density at radius 2 is 1.23 bits per heavy atom. The zero-order valence-electron chi connectivity index (χ0n) is 16.7. The third-order valence-electron chi connectivity index (χ3n) is 6.35. The predicted molar refractivity (Wildman–Crippen MR) is 134 cm³/mol. The molecule has 7 rings (SSSR count). The van der Waals surface area contributed by atoms with Crippen molar-refractivity contribution in [1.82, 2.24) is 4.98 Å². The van der Waals surface area contributed by atoms with Crippen molar-refractivity contribution in [3.63, 3.8) is 0 Å². The molecule has 0 spiro atoms. The zero-order valence-corrected chi connectivity index (χ0v) is 18.4. The molecule has 2 aromatic heterocycles. The van der Waals surface area contributed by atoms with Crippen molar-refractivity contribution < 1.29 is 0 Å². The average Bonchev–Trinajstić information content (AvgIpc) is 3.23. The molecule has 0 saturated carbocycles. The van der Waals surface area contributed by atoms with Gasteiger partial charge in [0, 0.05) is 0 Å². The molecule has 0 bridgehead atoms. The quantitative estimate of drug-likeness (QED) is 0.183. The van der Waals surface area contributed by atoms with Crippen LogP contribution in [0.15, 0.2) is 103 Å². The van der Waals surface area contributed by atoms with Crippen LogP contribution in [-0.4, -0.2) is 19.5 Å². The summed E-state index contributed by atoms with van der Waals surface area (Å²) in [6.45, 7) is 0. The van der Waals surface area contributed by atoms with Gasteiger partial charge in [0.2, 0.25) is 0 Å². The van der Waals surface area contributed by atoms with E-state index in [1.807, 2.05) is 12.4 Å². The molecule has 2 heterocycles. The van der Waals surface area contributed by atoms with Crippen molar-refractivity contribution in [2.75, 3.05) is 0 Å². The monoisotopic (exact) mass is 459 g/mol. The summed E-state index contributed by atoms with van der Waals surface area (Å²) in [7, 11) is 0. The van der Waals surface area contributed by atoms with Gasteiger partial charge in [0.1, 0.15) is 0 Å².